The number of carbonyl (C=O) groups is 2. The molecule has 0 bridgehead atoms. The Morgan fingerprint density at radius 3 is 2.55 bits per heavy atom. The van der Waals surface area contributed by atoms with Gasteiger partial charge in [-0.2, -0.15) is 0 Å². The van der Waals surface area contributed by atoms with E-state index in [2.05, 4.69) is 4.98 Å². The molecule has 0 saturated carbocycles. The summed E-state index contributed by atoms with van der Waals surface area (Å²) in [6, 6.07) is 3.71. The lowest BCUT2D eigenvalue weighted by Gasteiger charge is -2.31. The van der Waals surface area contributed by atoms with Crippen LogP contribution in [0.2, 0.25) is 0 Å². The number of piperidine rings is 1. The van der Waals surface area contributed by atoms with Crippen LogP contribution in [0.4, 0.5) is 4.79 Å². The van der Waals surface area contributed by atoms with Crippen molar-refractivity contribution < 1.29 is 14.7 Å². The zero-order valence-electron chi connectivity index (χ0n) is 12.9. The number of carboxylic acid groups (broad SMARTS) is 1. The number of likely N-dealkylation sites (tertiary alicyclic amines) is 1. The monoisotopic (exact) mass is 305 g/mol. The van der Waals surface area contributed by atoms with Crippen LogP contribution in [0.5, 0.6) is 0 Å². The van der Waals surface area contributed by atoms with Gasteiger partial charge in [0.2, 0.25) is 5.91 Å². The lowest BCUT2D eigenvalue weighted by molar-refractivity contribution is -0.129. The second-order valence-corrected chi connectivity index (χ2v) is 5.85. The van der Waals surface area contributed by atoms with Gasteiger partial charge in [-0.3, -0.25) is 9.78 Å². The predicted molar refractivity (Wildman–Crippen MR) is 82.5 cm³/mol. The van der Waals surface area contributed by atoms with Crippen molar-refractivity contribution in [3.05, 3.63) is 30.1 Å². The molecule has 2 amide bonds. The van der Waals surface area contributed by atoms with Crippen molar-refractivity contribution in [3.8, 4) is 0 Å². The van der Waals surface area contributed by atoms with E-state index in [1.54, 1.807) is 17.3 Å². The molecule has 0 radical (unpaired) electrons. The summed E-state index contributed by atoms with van der Waals surface area (Å²) in [5.74, 6) is 0.612. The van der Waals surface area contributed by atoms with Crippen molar-refractivity contribution in [2.24, 2.45) is 5.92 Å². The van der Waals surface area contributed by atoms with Crippen molar-refractivity contribution in [3.63, 3.8) is 0 Å². The first-order chi connectivity index (χ1) is 10.6. The number of amides is 2. The lowest BCUT2D eigenvalue weighted by Crippen LogP contribution is -2.38. The summed E-state index contributed by atoms with van der Waals surface area (Å²) in [6.45, 7) is 1.94. The Morgan fingerprint density at radius 1 is 1.32 bits per heavy atom. The van der Waals surface area contributed by atoms with Gasteiger partial charge < -0.3 is 14.9 Å². The van der Waals surface area contributed by atoms with Gasteiger partial charge in [0.1, 0.15) is 0 Å². The number of carbonyl (C=O) groups excluding carboxylic acids is 1. The molecule has 0 atom stereocenters. The van der Waals surface area contributed by atoms with E-state index in [1.807, 2.05) is 19.2 Å². The average molecular weight is 305 g/mol. The smallest absolute Gasteiger partial charge is 0.407 e. The Kier molecular flexibility index (Phi) is 5.75. The van der Waals surface area contributed by atoms with E-state index in [4.69, 9.17) is 5.11 Å². The molecule has 1 aliphatic rings. The molecule has 1 aromatic rings. The van der Waals surface area contributed by atoms with E-state index < -0.39 is 6.09 Å². The van der Waals surface area contributed by atoms with Crippen molar-refractivity contribution in [1.82, 2.24) is 14.8 Å². The maximum atomic E-state index is 12.1. The molecule has 6 heteroatoms. The third-order valence-corrected chi connectivity index (χ3v) is 4.29. The Hall–Kier alpha value is -2.11. The fourth-order valence-corrected chi connectivity index (χ4v) is 2.72. The molecule has 120 valence electrons. The number of likely N-dealkylation sites (N-methyl/N-ethyl adjacent to an activating group) is 1. The maximum absolute atomic E-state index is 12.1. The zero-order valence-corrected chi connectivity index (χ0v) is 12.9. The number of hydrogen-bond acceptors (Lipinski definition) is 3. The van der Waals surface area contributed by atoms with Gasteiger partial charge >= 0.3 is 6.09 Å². The number of rotatable bonds is 5. The van der Waals surface area contributed by atoms with Gasteiger partial charge in [0.25, 0.3) is 0 Å². The molecule has 2 heterocycles. The Bertz CT molecular complexity index is 499. The van der Waals surface area contributed by atoms with Crippen molar-refractivity contribution in [2.75, 3.05) is 26.7 Å². The Morgan fingerprint density at radius 2 is 1.95 bits per heavy atom. The second-order valence-electron chi connectivity index (χ2n) is 5.85. The van der Waals surface area contributed by atoms with Crippen LogP contribution in [-0.2, 0) is 11.2 Å². The average Bonchev–Trinajstić information content (AvgIpc) is 2.53. The molecule has 0 spiro atoms. The van der Waals surface area contributed by atoms with Gasteiger partial charge in [-0.25, -0.2) is 4.79 Å². The minimum Gasteiger partial charge on any atom is -0.465 e. The molecular weight excluding hydrogens is 282 g/mol. The topological polar surface area (TPSA) is 73.7 Å². The van der Waals surface area contributed by atoms with Crippen molar-refractivity contribution >= 4 is 12.0 Å². The molecule has 1 N–H and O–H groups in total. The molecule has 2 rings (SSSR count). The van der Waals surface area contributed by atoms with Crippen molar-refractivity contribution in [2.45, 2.75) is 25.7 Å². The van der Waals surface area contributed by atoms with Crippen LogP contribution in [0.3, 0.4) is 0 Å². The molecule has 1 saturated heterocycles. The summed E-state index contributed by atoms with van der Waals surface area (Å²) in [7, 11) is 1.83. The van der Waals surface area contributed by atoms with E-state index in [1.165, 1.54) is 4.90 Å². The lowest BCUT2D eigenvalue weighted by atomic mass is 9.93. The first-order valence-electron chi connectivity index (χ1n) is 7.67. The minimum atomic E-state index is -0.830. The highest BCUT2D eigenvalue weighted by atomic mass is 16.4. The summed E-state index contributed by atoms with van der Waals surface area (Å²) in [4.78, 5) is 30.2. The van der Waals surface area contributed by atoms with Gasteiger partial charge in [-0.15, -0.1) is 0 Å². The van der Waals surface area contributed by atoms with Gasteiger partial charge in [-0.1, -0.05) is 0 Å². The molecule has 0 unspecified atom stereocenters. The van der Waals surface area contributed by atoms with E-state index in [9.17, 15) is 9.59 Å². The molecule has 0 aliphatic carbocycles. The quantitative estimate of drug-likeness (QED) is 0.901. The Balaban J connectivity index is 1.70. The van der Waals surface area contributed by atoms with E-state index in [0.717, 1.165) is 31.4 Å². The largest absolute Gasteiger partial charge is 0.465 e. The van der Waals surface area contributed by atoms with Crippen LogP contribution < -0.4 is 0 Å². The van der Waals surface area contributed by atoms with Gasteiger partial charge in [0.05, 0.1) is 6.42 Å². The van der Waals surface area contributed by atoms with Crippen LogP contribution in [0.15, 0.2) is 24.5 Å². The standard InChI is InChI=1S/C16H23N3O3/c1-18(15(20)12-14-2-7-17-8-3-14)9-4-13-5-10-19(11-6-13)16(21)22/h2-3,7-8,13H,4-6,9-12H2,1H3,(H,21,22). The van der Waals surface area contributed by atoms with Crippen LogP contribution in [0.25, 0.3) is 0 Å². The van der Waals surface area contributed by atoms with E-state index >= 15 is 0 Å². The van der Waals surface area contributed by atoms with Crippen molar-refractivity contribution in [1.29, 1.82) is 0 Å². The molecule has 1 aliphatic heterocycles. The Labute approximate surface area is 130 Å². The molecule has 6 nitrogen and oxygen atoms in total. The maximum Gasteiger partial charge on any atom is 0.407 e. The fourth-order valence-electron chi connectivity index (χ4n) is 2.72. The fraction of sp³-hybridized carbons (Fsp3) is 0.562. The van der Waals surface area contributed by atoms with Crippen LogP contribution in [0, 0.1) is 5.92 Å². The first-order valence-corrected chi connectivity index (χ1v) is 7.67. The summed E-state index contributed by atoms with van der Waals surface area (Å²) in [5, 5.41) is 8.92. The summed E-state index contributed by atoms with van der Waals surface area (Å²) in [5.41, 5.74) is 0.974. The highest BCUT2D eigenvalue weighted by molar-refractivity contribution is 5.78. The third kappa shape index (κ3) is 4.72. The normalized spacial score (nSPS) is 15.6. The van der Waals surface area contributed by atoms with Gasteiger partial charge in [-0.05, 0) is 42.9 Å². The van der Waals surface area contributed by atoms with Gasteiger partial charge in [0.15, 0.2) is 0 Å². The highest BCUT2D eigenvalue weighted by Crippen LogP contribution is 2.20. The summed E-state index contributed by atoms with van der Waals surface area (Å²) < 4.78 is 0. The number of aromatic nitrogens is 1. The van der Waals surface area contributed by atoms with E-state index in [-0.39, 0.29) is 5.91 Å². The number of pyridine rings is 1. The number of hydrogen-bond donors (Lipinski definition) is 1. The van der Waals surface area contributed by atoms with Gasteiger partial charge in [0, 0.05) is 39.1 Å². The first kappa shape index (κ1) is 16.3. The minimum absolute atomic E-state index is 0.106. The highest BCUT2D eigenvalue weighted by Gasteiger charge is 2.22. The molecule has 22 heavy (non-hydrogen) atoms. The molecule has 1 aromatic heterocycles. The van der Waals surface area contributed by atoms with Crippen LogP contribution in [0.1, 0.15) is 24.8 Å². The molecule has 1 fully saturated rings. The van der Waals surface area contributed by atoms with Crippen LogP contribution in [-0.4, -0.2) is 58.6 Å². The third-order valence-electron chi connectivity index (χ3n) is 4.29. The zero-order chi connectivity index (χ0) is 15.9. The predicted octanol–water partition coefficient (Wildman–Crippen LogP) is 1.86. The van der Waals surface area contributed by atoms with E-state index in [0.29, 0.717) is 25.4 Å². The number of nitrogens with zero attached hydrogens (tertiary/aromatic N) is 3. The second kappa shape index (κ2) is 7.77. The molecule has 0 aromatic carbocycles. The summed E-state index contributed by atoms with van der Waals surface area (Å²) >= 11 is 0. The van der Waals surface area contributed by atoms with Crippen LogP contribution >= 0.6 is 0 Å². The molecular formula is C16H23N3O3. The SMILES string of the molecule is CN(CCC1CCN(C(=O)O)CC1)C(=O)Cc1ccncc1. The summed E-state index contributed by atoms with van der Waals surface area (Å²) in [6.07, 6.45) is 5.67.